The van der Waals surface area contributed by atoms with E-state index in [1.807, 2.05) is 18.2 Å². The number of thiophene rings is 1. The zero-order valence-electron chi connectivity index (χ0n) is 12.0. The van der Waals surface area contributed by atoms with Crippen LogP contribution in [0.1, 0.15) is 27.2 Å². The Morgan fingerprint density at radius 1 is 1.27 bits per heavy atom. The molecular weight excluding hydrogens is 296 g/mol. The van der Waals surface area contributed by atoms with E-state index in [2.05, 4.69) is 18.0 Å². The number of nitrogens with one attached hydrogen (secondary N) is 1. The van der Waals surface area contributed by atoms with E-state index in [0.717, 1.165) is 35.3 Å². The maximum atomic E-state index is 12.0. The van der Waals surface area contributed by atoms with Gasteiger partial charge in [-0.05, 0) is 36.5 Å². The zero-order chi connectivity index (χ0) is 15.7. The molecule has 1 aliphatic rings. The number of amides is 2. The van der Waals surface area contributed by atoms with Crippen molar-refractivity contribution in [2.75, 3.05) is 5.32 Å². The molecule has 1 aromatic carbocycles. The molecular formula is C17H16N2O2S. The van der Waals surface area contributed by atoms with Crippen LogP contribution in [0, 0.1) is 0 Å². The van der Waals surface area contributed by atoms with Crippen molar-refractivity contribution in [1.29, 1.82) is 0 Å². The average Bonchev–Trinajstić information content (AvgIpc) is 2.76. The molecule has 0 saturated heterocycles. The molecule has 0 radical (unpaired) electrons. The first-order valence-corrected chi connectivity index (χ1v) is 7.90. The van der Waals surface area contributed by atoms with Gasteiger partial charge in [-0.3, -0.25) is 9.59 Å². The molecule has 0 unspecified atom stereocenters. The van der Waals surface area contributed by atoms with Gasteiger partial charge in [0.15, 0.2) is 0 Å². The van der Waals surface area contributed by atoms with Gasteiger partial charge in [-0.25, -0.2) is 0 Å². The first kappa shape index (κ1) is 14.5. The number of rotatable bonds is 3. The molecule has 4 nitrogen and oxygen atoms in total. The average molecular weight is 312 g/mol. The van der Waals surface area contributed by atoms with Gasteiger partial charge in [0.1, 0.15) is 5.00 Å². The number of nitrogens with two attached hydrogens (primary N) is 1. The van der Waals surface area contributed by atoms with Crippen LogP contribution in [0.5, 0.6) is 0 Å². The number of fused-ring (bicyclic) bond motifs is 3. The molecule has 2 aromatic rings. The molecule has 22 heavy (non-hydrogen) atoms. The van der Waals surface area contributed by atoms with E-state index in [-0.39, 0.29) is 5.91 Å². The molecule has 3 rings (SSSR count). The van der Waals surface area contributed by atoms with E-state index < -0.39 is 5.91 Å². The summed E-state index contributed by atoms with van der Waals surface area (Å²) < 4.78 is 0. The number of carbonyl (C=O) groups is 2. The van der Waals surface area contributed by atoms with E-state index in [1.54, 1.807) is 0 Å². The monoisotopic (exact) mass is 312 g/mol. The van der Waals surface area contributed by atoms with Crippen LogP contribution in [0.2, 0.25) is 0 Å². The van der Waals surface area contributed by atoms with Crippen molar-refractivity contribution in [3.05, 3.63) is 52.9 Å². The van der Waals surface area contributed by atoms with Gasteiger partial charge in [-0.15, -0.1) is 11.3 Å². The largest absolute Gasteiger partial charge is 0.365 e. The highest BCUT2D eigenvalue weighted by Crippen LogP contribution is 2.44. The third-order valence-corrected chi connectivity index (χ3v) is 4.95. The van der Waals surface area contributed by atoms with Crippen LogP contribution in [0.15, 0.2) is 36.9 Å². The number of anilines is 1. The van der Waals surface area contributed by atoms with Crippen LogP contribution in [0.25, 0.3) is 11.1 Å². The Hall–Kier alpha value is -2.40. The Labute approximate surface area is 132 Å². The van der Waals surface area contributed by atoms with Gasteiger partial charge < -0.3 is 11.1 Å². The van der Waals surface area contributed by atoms with Crippen molar-refractivity contribution in [2.24, 2.45) is 5.73 Å². The molecule has 0 fully saturated rings. The number of benzene rings is 1. The van der Waals surface area contributed by atoms with Crippen molar-refractivity contribution < 1.29 is 9.59 Å². The third-order valence-electron chi connectivity index (χ3n) is 3.79. The number of hydrogen-bond acceptors (Lipinski definition) is 3. The first-order valence-electron chi connectivity index (χ1n) is 7.09. The molecule has 1 aliphatic carbocycles. The summed E-state index contributed by atoms with van der Waals surface area (Å²) in [5.74, 6) is -0.860. The SMILES string of the molecule is C=CC(=O)Nc1sc2c(c1C(N)=O)-c1ccccc1CCC2. The van der Waals surface area contributed by atoms with Gasteiger partial charge in [0.2, 0.25) is 5.91 Å². The minimum atomic E-state index is -0.520. The summed E-state index contributed by atoms with van der Waals surface area (Å²) in [6.45, 7) is 3.44. The number of aryl methyl sites for hydroxylation is 2. The van der Waals surface area contributed by atoms with E-state index in [1.165, 1.54) is 23.0 Å². The Morgan fingerprint density at radius 3 is 2.77 bits per heavy atom. The van der Waals surface area contributed by atoms with Crippen molar-refractivity contribution in [1.82, 2.24) is 0 Å². The zero-order valence-corrected chi connectivity index (χ0v) is 12.8. The lowest BCUT2D eigenvalue weighted by atomic mass is 9.96. The van der Waals surface area contributed by atoms with Crippen LogP contribution < -0.4 is 11.1 Å². The van der Waals surface area contributed by atoms with E-state index in [9.17, 15) is 9.59 Å². The van der Waals surface area contributed by atoms with Crippen LogP contribution in [-0.4, -0.2) is 11.8 Å². The summed E-state index contributed by atoms with van der Waals surface area (Å²) in [7, 11) is 0. The van der Waals surface area contributed by atoms with Gasteiger partial charge in [-0.2, -0.15) is 0 Å². The molecule has 0 spiro atoms. The van der Waals surface area contributed by atoms with Crippen LogP contribution in [0.4, 0.5) is 5.00 Å². The quantitative estimate of drug-likeness (QED) is 0.855. The summed E-state index contributed by atoms with van der Waals surface area (Å²) in [5.41, 5.74) is 9.14. The topological polar surface area (TPSA) is 72.2 Å². The molecule has 0 aliphatic heterocycles. The van der Waals surface area contributed by atoms with Gasteiger partial charge in [0.25, 0.3) is 5.91 Å². The van der Waals surface area contributed by atoms with E-state index in [0.29, 0.717) is 10.6 Å². The highest BCUT2D eigenvalue weighted by molar-refractivity contribution is 7.17. The predicted octanol–water partition coefficient (Wildman–Crippen LogP) is 3.13. The number of primary amides is 1. The minimum absolute atomic E-state index is 0.341. The highest BCUT2D eigenvalue weighted by Gasteiger charge is 2.26. The molecule has 0 atom stereocenters. The van der Waals surface area contributed by atoms with E-state index >= 15 is 0 Å². The second-order valence-corrected chi connectivity index (χ2v) is 6.28. The highest BCUT2D eigenvalue weighted by atomic mass is 32.1. The molecule has 112 valence electrons. The fourth-order valence-electron chi connectivity index (χ4n) is 2.85. The van der Waals surface area contributed by atoms with Crippen molar-refractivity contribution in [3.8, 4) is 11.1 Å². The van der Waals surface area contributed by atoms with Gasteiger partial charge in [0.05, 0.1) is 5.56 Å². The summed E-state index contributed by atoms with van der Waals surface area (Å²) in [6, 6.07) is 8.05. The van der Waals surface area contributed by atoms with Crippen LogP contribution in [-0.2, 0) is 17.6 Å². The summed E-state index contributed by atoms with van der Waals surface area (Å²) >= 11 is 1.43. The Kier molecular flexibility index (Phi) is 3.81. The standard InChI is InChI=1S/C17H16N2O2S/c1-2-13(20)19-17-15(16(18)21)14-11-8-4-3-6-10(11)7-5-9-12(14)22-17/h2-4,6,8H,1,5,7,9H2,(H2,18,21)(H,19,20). The molecule has 1 aromatic heterocycles. The first-order chi connectivity index (χ1) is 10.6. The molecule has 0 bridgehead atoms. The smallest absolute Gasteiger partial charge is 0.252 e. The lowest BCUT2D eigenvalue weighted by Gasteiger charge is -2.08. The molecule has 5 heteroatoms. The fraction of sp³-hybridized carbons (Fsp3) is 0.176. The van der Waals surface area contributed by atoms with Crippen molar-refractivity contribution in [3.63, 3.8) is 0 Å². The lowest BCUT2D eigenvalue weighted by Crippen LogP contribution is -2.16. The maximum Gasteiger partial charge on any atom is 0.252 e. The van der Waals surface area contributed by atoms with Gasteiger partial charge in [-0.1, -0.05) is 30.8 Å². The molecule has 2 amide bonds. The Balaban J connectivity index is 2.23. The Bertz CT molecular complexity index is 777. The van der Waals surface area contributed by atoms with E-state index in [4.69, 9.17) is 5.73 Å². The summed E-state index contributed by atoms with van der Waals surface area (Å²) in [6.07, 6.45) is 4.05. The third kappa shape index (κ3) is 2.44. The maximum absolute atomic E-state index is 12.0. The molecule has 0 saturated carbocycles. The minimum Gasteiger partial charge on any atom is -0.365 e. The molecule has 1 heterocycles. The van der Waals surface area contributed by atoms with Gasteiger partial charge >= 0.3 is 0 Å². The van der Waals surface area contributed by atoms with Crippen LogP contribution >= 0.6 is 11.3 Å². The normalized spacial score (nSPS) is 12.7. The second-order valence-electron chi connectivity index (χ2n) is 5.17. The lowest BCUT2D eigenvalue weighted by molar-refractivity contribution is -0.111. The van der Waals surface area contributed by atoms with Crippen molar-refractivity contribution in [2.45, 2.75) is 19.3 Å². The second kappa shape index (κ2) is 5.77. The van der Waals surface area contributed by atoms with Crippen LogP contribution in [0.3, 0.4) is 0 Å². The fourth-order valence-corrected chi connectivity index (χ4v) is 4.11. The number of hydrogen-bond donors (Lipinski definition) is 2. The van der Waals surface area contributed by atoms with Crippen molar-refractivity contribution >= 4 is 28.2 Å². The summed E-state index contributed by atoms with van der Waals surface area (Å²) in [5, 5.41) is 3.22. The Morgan fingerprint density at radius 2 is 2.05 bits per heavy atom. The number of carbonyl (C=O) groups excluding carboxylic acids is 2. The summed E-state index contributed by atoms with van der Waals surface area (Å²) in [4.78, 5) is 24.7. The molecule has 3 N–H and O–H groups in total. The van der Waals surface area contributed by atoms with Gasteiger partial charge in [0, 0.05) is 10.4 Å². The predicted molar refractivity (Wildman–Crippen MR) is 89.1 cm³/mol.